The molecule has 0 fully saturated rings. The highest BCUT2D eigenvalue weighted by molar-refractivity contribution is 7.78. The van der Waals surface area contributed by atoms with Crippen molar-refractivity contribution in [2.75, 3.05) is 0 Å². The van der Waals surface area contributed by atoms with Gasteiger partial charge in [-0.15, -0.1) is 0 Å². The van der Waals surface area contributed by atoms with Gasteiger partial charge in [0.2, 0.25) is 0 Å². The van der Waals surface area contributed by atoms with E-state index in [2.05, 4.69) is 17.5 Å². The normalized spacial score (nSPS) is 9.60. The molecule has 0 bridgehead atoms. The Balaban J connectivity index is 2.54. The third kappa shape index (κ3) is 4.23. The van der Waals surface area contributed by atoms with Gasteiger partial charge in [-0.1, -0.05) is 12.8 Å². The average molecular weight is 93.2 g/mol. The molecule has 32 valence electrons. The highest BCUT2D eigenvalue weighted by Gasteiger charge is 1.77. The lowest BCUT2D eigenvalue weighted by Crippen LogP contribution is -2.39. The lowest BCUT2D eigenvalue weighted by Gasteiger charge is -1.95. The van der Waals surface area contributed by atoms with E-state index >= 15 is 0 Å². The van der Waals surface area contributed by atoms with E-state index in [0.29, 0.717) is 0 Å². The minimum atomic E-state index is -0.502. The van der Waals surface area contributed by atoms with Crippen molar-refractivity contribution >= 4 is 12.8 Å². The van der Waals surface area contributed by atoms with Crippen LogP contribution in [0.1, 0.15) is 0 Å². The SMILES string of the molecule is NC(N)NS. The van der Waals surface area contributed by atoms with E-state index in [1.807, 2.05) is 0 Å². The van der Waals surface area contributed by atoms with E-state index in [4.69, 9.17) is 11.5 Å². The van der Waals surface area contributed by atoms with Crippen LogP contribution in [0.5, 0.6) is 0 Å². The lowest BCUT2D eigenvalue weighted by molar-refractivity contribution is 0.700. The van der Waals surface area contributed by atoms with Crippen molar-refractivity contribution in [2.45, 2.75) is 6.29 Å². The molecule has 0 unspecified atom stereocenters. The molecule has 4 heteroatoms. The predicted molar refractivity (Wildman–Crippen MR) is 24.3 cm³/mol. The third-order valence-corrected chi connectivity index (χ3v) is 0.447. The predicted octanol–water partition coefficient (Wildman–Crippen LogP) is -1.38. The summed E-state index contributed by atoms with van der Waals surface area (Å²) in [5.74, 6) is 0. The van der Waals surface area contributed by atoms with Crippen LogP contribution in [-0.2, 0) is 0 Å². The summed E-state index contributed by atoms with van der Waals surface area (Å²) >= 11 is 3.52. The van der Waals surface area contributed by atoms with Crippen molar-refractivity contribution in [1.82, 2.24) is 4.72 Å². The first-order valence-electron chi connectivity index (χ1n) is 1.18. The number of thiol groups is 1. The summed E-state index contributed by atoms with van der Waals surface area (Å²) in [6.45, 7) is 0. The number of hydrogen-bond donors (Lipinski definition) is 4. The Morgan fingerprint density at radius 1 is 1.60 bits per heavy atom. The fraction of sp³-hybridized carbons (Fsp3) is 1.00. The molecule has 0 aromatic rings. The van der Waals surface area contributed by atoms with Gasteiger partial charge in [-0.3, -0.25) is 0 Å². The number of nitrogens with one attached hydrogen (secondary N) is 1. The maximum Gasteiger partial charge on any atom is 0.115 e. The van der Waals surface area contributed by atoms with Crippen LogP contribution in [0.15, 0.2) is 0 Å². The molecule has 0 amide bonds. The zero-order chi connectivity index (χ0) is 4.28. The third-order valence-electron chi connectivity index (χ3n) is 0.149. The molecule has 0 heterocycles. The molecule has 0 aliphatic carbocycles. The van der Waals surface area contributed by atoms with Crippen LogP contribution in [-0.4, -0.2) is 6.29 Å². The monoisotopic (exact) mass is 93.0 g/mol. The molecule has 0 radical (unpaired) electrons. The van der Waals surface area contributed by atoms with Crippen LogP contribution in [0, 0.1) is 0 Å². The van der Waals surface area contributed by atoms with Crippen molar-refractivity contribution in [3.63, 3.8) is 0 Å². The minimum Gasteiger partial charge on any atom is -0.303 e. The second-order valence-electron chi connectivity index (χ2n) is 0.655. The Morgan fingerprint density at radius 2 is 1.80 bits per heavy atom. The second kappa shape index (κ2) is 2.47. The van der Waals surface area contributed by atoms with E-state index in [9.17, 15) is 0 Å². The van der Waals surface area contributed by atoms with Crippen LogP contribution in [0.4, 0.5) is 0 Å². The second-order valence-corrected chi connectivity index (χ2v) is 0.913. The standard InChI is InChI=1S/CH7N3S/c2-1(3)4-5/h1,4-5H,2-3H2. The van der Waals surface area contributed by atoms with Gasteiger partial charge in [-0.2, -0.15) is 0 Å². The number of nitrogens with two attached hydrogens (primary N) is 2. The van der Waals surface area contributed by atoms with Gasteiger partial charge < -0.3 is 11.5 Å². The Hall–Kier alpha value is 0.230. The van der Waals surface area contributed by atoms with E-state index in [1.54, 1.807) is 0 Å². The zero-order valence-electron chi connectivity index (χ0n) is 2.68. The topological polar surface area (TPSA) is 64.1 Å². The molecule has 3 nitrogen and oxygen atoms in total. The first-order chi connectivity index (χ1) is 2.27. The molecule has 0 aromatic heterocycles. The Kier molecular flexibility index (Phi) is 2.58. The van der Waals surface area contributed by atoms with Crippen LogP contribution < -0.4 is 16.2 Å². The Labute approximate surface area is 36.3 Å². The van der Waals surface area contributed by atoms with E-state index < -0.39 is 6.29 Å². The molecule has 5 heavy (non-hydrogen) atoms. The van der Waals surface area contributed by atoms with Crippen LogP contribution >= 0.6 is 12.8 Å². The van der Waals surface area contributed by atoms with Crippen molar-refractivity contribution < 1.29 is 0 Å². The van der Waals surface area contributed by atoms with Crippen molar-refractivity contribution in [1.29, 1.82) is 0 Å². The maximum atomic E-state index is 4.88. The first-order valence-corrected chi connectivity index (χ1v) is 1.63. The molecule has 0 saturated heterocycles. The molecular weight excluding hydrogens is 86.1 g/mol. The molecule has 0 aliphatic heterocycles. The van der Waals surface area contributed by atoms with E-state index in [-0.39, 0.29) is 0 Å². The lowest BCUT2D eigenvalue weighted by atomic mass is 11.0. The van der Waals surface area contributed by atoms with Gasteiger partial charge in [-0.05, 0) is 0 Å². The number of hydrogen-bond acceptors (Lipinski definition) is 4. The summed E-state index contributed by atoms with van der Waals surface area (Å²) in [7, 11) is 0. The highest BCUT2D eigenvalue weighted by Crippen LogP contribution is 1.52. The van der Waals surface area contributed by atoms with Gasteiger partial charge >= 0.3 is 0 Å². The molecule has 0 aromatic carbocycles. The van der Waals surface area contributed by atoms with Crippen LogP contribution in [0.3, 0.4) is 0 Å². The number of rotatable bonds is 1. The van der Waals surface area contributed by atoms with Gasteiger partial charge in [-0.25, -0.2) is 4.72 Å². The largest absolute Gasteiger partial charge is 0.303 e. The smallest absolute Gasteiger partial charge is 0.115 e. The van der Waals surface area contributed by atoms with E-state index in [1.165, 1.54) is 0 Å². The van der Waals surface area contributed by atoms with Crippen molar-refractivity contribution in [2.24, 2.45) is 11.5 Å². The summed E-state index contributed by atoms with van der Waals surface area (Å²) in [5, 5.41) is 0. The zero-order valence-corrected chi connectivity index (χ0v) is 3.57. The van der Waals surface area contributed by atoms with Crippen molar-refractivity contribution in [3.05, 3.63) is 0 Å². The summed E-state index contributed by atoms with van der Waals surface area (Å²) in [6, 6.07) is 0. The fourth-order valence-electron chi connectivity index (χ4n) is 0. The van der Waals surface area contributed by atoms with E-state index in [0.717, 1.165) is 0 Å². The van der Waals surface area contributed by atoms with Crippen LogP contribution in [0.25, 0.3) is 0 Å². The van der Waals surface area contributed by atoms with Gasteiger partial charge in [0.05, 0.1) is 0 Å². The highest BCUT2D eigenvalue weighted by atomic mass is 32.1. The summed E-state index contributed by atoms with van der Waals surface area (Å²) < 4.78 is 2.28. The van der Waals surface area contributed by atoms with Gasteiger partial charge in [0.1, 0.15) is 6.29 Å². The van der Waals surface area contributed by atoms with Gasteiger partial charge in [0.25, 0.3) is 0 Å². The van der Waals surface area contributed by atoms with Gasteiger partial charge in [0, 0.05) is 0 Å². The fourth-order valence-corrected chi connectivity index (χ4v) is 0. The first kappa shape index (κ1) is 5.23. The Morgan fingerprint density at radius 3 is 1.80 bits per heavy atom. The summed E-state index contributed by atoms with van der Waals surface area (Å²) in [6.07, 6.45) is -0.502. The van der Waals surface area contributed by atoms with Gasteiger partial charge in [0.15, 0.2) is 0 Å². The maximum absolute atomic E-state index is 4.88. The minimum absolute atomic E-state index is 0.502. The molecular formula is CH7N3S. The Bertz CT molecular complexity index is 20.9. The summed E-state index contributed by atoms with van der Waals surface area (Å²) in [4.78, 5) is 0. The molecule has 0 atom stereocenters. The molecule has 0 aliphatic rings. The summed E-state index contributed by atoms with van der Waals surface area (Å²) in [5.41, 5.74) is 9.76. The van der Waals surface area contributed by atoms with Crippen LogP contribution in [0.2, 0.25) is 0 Å². The molecule has 0 spiro atoms. The molecule has 0 rings (SSSR count). The average Bonchev–Trinajstić information content (AvgIpc) is 1.38. The molecule has 0 saturated carbocycles. The quantitative estimate of drug-likeness (QED) is 0.239. The molecule has 5 N–H and O–H groups in total. The van der Waals surface area contributed by atoms with Crippen molar-refractivity contribution in [3.8, 4) is 0 Å².